The van der Waals surface area contributed by atoms with E-state index >= 15 is 0 Å². The first-order chi connectivity index (χ1) is 19.7. The van der Waals surface area contributed by atoms with E-state index in [4.69, 9.17) is 0 Å². The molecule has 0 heterocycles. The molecule has 0 atom stereocenters. The van der Waals surface area contributed by atoms with E-state index in [1.807, 2.05) is 0 Å². The first-order valence-corrected chi connectivity index (χ1v) is 13.7. The summed E-state index contributed by atoms with van der Waals surface area (Å²) < 4.78 is 0. The monoisotopic (exact) mass is 516 g/mol. The van der Waals surface area contributed by atoms with Crippen molar-refractivity contribution in [3.8, 4) is 11.1 Å². The number of para-hydroxylation sites is 2. The number of hydrogen-bond acceptors (Lipinski definition) is 2. The number of nitrogens with zero attached hydrogens (tertiary/aromatic N) is 2. The van der Waals surface area contributed by atoms with Gasteiger partial charge in [-0.05, 0) is 103 Å². The molecule has 0 radical (unpaired) electrons. The van der Waals surface area contributed by atoms with Crippen molar-refractivity contribution in [3.63, 3.8) is 0 Å². The fraction of sp³-hybridized carbons (Fsp3) is 0.0526. The molecule has 6 rings (SSSR count). The second kappa shape index (κ2) is 11.3. The van der Waals surface area contributed by atoms with Gasteiger partial charge in [0, 0.05) is 34.1 Å². The minimum absolute atomic E-state index is 1.13. The van der Waals surface area contributed by atoms with Crippen molar-refractivity contribution >= 4 is 34.1 Å². The summed E-state index contributed by atoms with van der Waals surface area (Å²) in [6.45, 7) is 4.26. The van der Waals surface area contributed by atoms with Crippen LogP contribution in [0.1, 0.15) is 11.1 Å². The summed E-state index contributed by atoms with van der Waals surface area (Å²) in [5.41, 5.74) is 11.7. The fourth-order valence-corrected chi connectivity index (χ4v) is 5.12. The minimum Gasteiger partial charge on any atom is -0.311 e. The molecule has 0 aliphatic carbocycles. The Hall–Kier alpha value is -5.08. The van der Waals surface area contributed by atoms with E-state index in [1.165, 1.54) is 22.3 Å². The highest BCUT2D eigenvalue weighted by Crippen LogP contribution is 2.38. The Bertz CT molecular complexity index is 1670. The largest absolute Gasteiger partial charge is 0.311 e. The topological polar surface area (TPSA) is 6.48 Å². The minimum atomic E-state index is 1.13. The maximum absolute atomic E-state index is 2.30. The molecule has 0 aromatic heterocycles. The highest BCUT2D eigenvalue weighted by molar-refractivity contribution is 5.80. The first kappa shape index (κ1) is 25.2. The lowest BCUT2D eigenvalue weighted by Crippen LogP contribution is -2.10. The van der Waals surface area contributed by atoms with Gasteiger partial charge in [0.15, 0.2) is 0 Å². The molecule has 0 unspecified atom stereocenters. The number of anilines is 6. The molecule has 2 heteroatoms. The highest BCUT2D eigenvalue weighted by Gasteiger charge is 2.14. The van der Waals surface area contributed by atoms with Crippen LogP contribution in [0.5, 0.6) is 0 Å². The van der Waals surface area contributed by atoms with Crippen LogP contribution in [0.25, 0.3) is 11.1 Å². The molecule has 194 valence electrons. The zero-order chi connectivity index (χ0) is 27.3. The lowest BCUT2D eigenvalue weighted by atomic mass is 10.0. The zero-order valence-corrected chi connectivity index (χ0v) is 22.9. The summed E-state index contributed by atoms with van der Waals surface area (Å²) in [5, 5.41) is 0. The van der Waals surface area contributed by atoms with Crippen LogP contribution in [0.4, 0.5) is 34.1 Å². The van der Waals surface area contributed by atoms with Crippen molar-refractivity contribution < 1.29 is 0 Å². The van der Waals surface area contributed by atoms with Gasteiger partial charge in [-0.2, -0.15) is 0 Å². The summed E-state index contributed by atoms with van der Waals surface area (Å²) in [6, 6.07) is 56.1. The standard InChI is InChI=1S/C38H32N2/c1-29-16-22-35(23-17-29)39(33-11-5-3-6-12-33)36-24-18-31(19-25-36)32-20-26-37(27-21-32)40(34-13-7-4-8-14-34)38-15-9-10-30(2)28-38/h3-28H,1-2H3. The molecule has 0 spiro atoms. The van der Waals surface area contributed by atoms with Crippen LogP contribution in [0, 0.1) is 13.8 Å². The Kier molecular flexibility index (Phi) is 7.15. The number of benzene rings is 6. The van der Waals surface area contributed by atoms with Crippen molar-refractivity contribution in [2.45, 2.75) is 13.8 Å². The van der Waals surface area contributed by atoms with Gasteiger partial charge in [-0.15, -0.1) is 0 Å². The van der Waals surface area contributed by atoms with E-state index in [-0.39, 0.29) is 0 Å². The fourth-order valence-electron chi connectivity index (χ4n) is 5.12. The van der Waals surface area contributed by atoms with Gasteiger partial charge in [0.2, 0.25) is 0 Å². The number of rotatable bonds is 7. The molecule has 40 heavy (non-hydrogen) atoms. The van der Waals surface area contributed by atoms with Crippen molar-refractivity contribution in [3.05, 3.63) is 169 Å². The Morgan fingerprint density at radius 2 is 0.675 bits per heavy atom. The molecule has 2 nitrogen and oxygen atoms in total. The SMILES string of the molecule is Cc1ccc(N(c2ccccc2)c2ccc(-c3ccc(N(c4ccccc4)c4cccc(C)c4)cc3)cc2)cc1. The first-order valence-electron chi connectivity index (χ1n) is 13.7. The van der Waals surface area contributed by atoms with E-state index in [0.29, 0.717) is 0 Å². The van der Waals surface area contributed by atoms with Gasteiger partial charge in [0.1, 0.15) is 0 Å². The molecule has 0 aliphatic heterocycles. The molecule has 0 aliphatic rings. The van der Waals surface area contributed by atoms with Crippen molar-refractivity contribution in [2.75, 3.05) is 9.80 Å². The smallest absolute Gasteiger partial charge is 0.0464 e. The second-order valence-corrected chi connectivity index (χ2v) is 10.1. The van der Waals surface area contributed by atoms with E-state index < -0.39 is 0 Å². The lowest BCUT2D eigenvalue weighted by molar-refractivity contribution is 1.27. The van der Waals surface area contributed by atoms with Crippen molar-refractivity contribution in [1.29, 1.82) is 0 Å². The predicted molar refractivity (Wildman–Crippen MR) is 171 cm³/mol. The van der Waals surface area contributed by atoms with Crippen LogP contribution >= 0.6 is 0 Å². The second-order valence-electron chi connectivity index (χ2n) is 10.1. The van der Waals surface area contributed by atoms with Gasteiger partial charge in [-0.1, -0.05) is 90.5 Å². The van der Waals surface area contributed by atoms with Crippen LogP contribution < -0.4 is 9.80 Å². The highest BCUT2D eigenvalue weighted by atomic mass is 15.1. The normalized spacial score (nSPS) is 10.8. The average molecular weight is 517 g/mol. The summed E-state index contributed by atoms with van der Waals surface area (Å²) in [6.07, 6.45) is 0. The van der Waals surface area contributed by atoms with Crippen molar-refractivity contribution in [1.82, 2.24) is 0 Å². The van der Waals surface area contributed by atoms with Crippen LogP contribution in [0.3, 0.4) is 0 Å². The van der Waals surface area contributed by atoms with Gasteiger partial charge in [0.05, 0.1) is 0 Å². The van der Waals surface area contributed by atoms with E-state index in [1.54, 1.807) is 0 Å². The van der Waals surface area contributed by atoms with E-state index in [9.17, 15) is 0 Å². The van der Waals surface area contributed by atoms with Gasteiger partial charge in [-0.25, -0.2) is 0 Å². The van der Waals surface area contributed by atoms with Crippen LogP contribution in [-0.2, 0) is 0 Å². The molecule has 0 saturated carbocycles. The summed E-state index contributed by atoms with van der Waals surface area (Å²) >= 11 is 0. The van der Waals surface area contributed by atoms with Crippen LogP contribution in [0.15, 0.2) is 158 Å². The quantitative estimate of drug-likeness (QED) is 0.208. The zero-order valence-electron chi connectivity index (χ0n) is 22.9. The Balaban J connectivity index is 1.32. The molecule has 0 bridgehead atoms. The van der Waals surface area contributed by atoms with Gasteiger partial charge in [0.25, 0.3) is 0 Å². The Labute approximate surface area is 237 Å². The van der Waals surface area contributed by atoms with Crippen LogP contribution in [0.2, 0.25) is 0 Å². The van der Waals surface area contributed by atoms with E-state index in [2.05, 4.69) is 181 Å². The van der Waals surface area contributed by atoms with Crippen LogP contribution in [-0.4, -0.2) is 0 Å². The number of aryl methyl sites for hydroxylation is 2. The summed E-state index contributed by atoms with van der Waals surface area (Å²) in [5.74, 6) is 0. The maximum Gasteiger partial charge on any atom is 0.0464 e. The third kappa shape index (κ3) is 5.39. The third-order valence-electron chi connectivity index (χ3n) is 7.17. The van der Waals surface area contributed by atoms with Gasteiger partial charge >= 0.3 is 0 Å². The molecule has 6 aromatic carbocycles. The summed E-state index contributed by atoms with van der Waals surface area (Å²) in [7, 11) is 0. The molecule has 0 saturated heterocycles. The third-order valence-corrected chi connectivity index (χ3v) is 7.17. The summed E-state index contributed by atoms with van der Waals surface area (Å²) in [4.78, 5) is 4.60. The molecular weight excluding hydrogens is 484 g/mol. The molecular formula is C38H32N2. The lowest BCUT2D eigenvalue weighted by Gasteiger charge is -2.26. The maximum atomic E-state index is 2.30. The Morgan fingerprint density at radius 1 is 0.300 bits per heavy atom. The molecule has 0 amide bonds. The molecule has 0 N–H and O–H groups in total. The van der Waals surface area contributed by atoms with Gasteiger partial charge in [-0.3, -0.25) is 0 Å². The van der Waals surface area contributed by atoms with Gasteiger partial charge < -0.3 is 9.80 Å². The molecule has 6 aromatic rings. The van der Waals surface area contributed by atoms with E-state index in [0.717, 1.165) is 34.1 Å². The van der Waals surface area contributed by atoms with Crippen molar-refractivity contribution in [2.24, 2.45) is 0 Å². The Morgan fingerprint density at radius 3 is 1.12 bits per heavy atom. The average Bonchev–Trinajstić information content (AvgIpc) is 3.00. The predicted octanol–water partition coefficient (Wildman–Crippen LogP) is 10.9. The molecule has 0 fully saturated rings. The number of hydrogen-bond donors (Lipinski definition) is 0.